The fourth-order valence-electron chi connectivity index (χ4n) is 4.18. The second kappa shape index (κ2) is 8.62. The number of carboxylic acid groups (broad SMARTS) is 1. The Bertz CT molecular complexity index is 1090. The number of fused-ring (bicyclic) bond motifs is 1. The summed E-state index contributed by atoms with van der Waals surface area (Å²) in [5.41, 5.74) is 4.85. The first kappa shape index (κ1) is 20.6. The normalized spacial score (nSPS) is 17.6. The summed E-state index contributed by atoms with van der Waals surface area (Å²) in [4.78, 5) is 16.3. The van der Waals surface area contributed by atoms with Crippen LogP contribution in [0.15, 0.2) is 42.5 Å². The van der Waals surface area contributed by atoms with Crippen LogP contribution in [0.4, 0.5) is 5.69 Å². The van der Waals surface area contributed by atoms with Gasteiger partial charge < -0.3 is 15.2 Å². The number of aryl methyl sites for hydroxylation is 1. The smallest absolute Gasteiger partial charge is 0.337 e. The number of benzene rings is 2. The predicted molar refractivity (Wildman–Crippen MR) is 120 cm³/mol. The second-order valence-electron chi connectivity index (χ2n) is 7.92. The molecule has 0 amide bonds. The van der Waals surface area contributed by atoms with Gasteiger partial charge in [0, 0.05) is 29.6 Å². The fourth-order valence-corrected chi connectivity index (χ4v) is 4.48. The van der Waals surface area contributed by atoms with E-state index in [2.05, 4.69) is 17.4 Å². The molecule has 1 aromatic heterocycles. The SMILES string of the molecule is Cc1cc(C(C)Nc2ccccc2C(=O)O)c2cc(C3CCCOC3)c(Cl)nc2c1. The number of hydrogen-bond acceptors (Lipinski definition) is 4. The van der Waals surface area contributed by atoms with Gasteiger partial charge in [0.15, 0.2) is 0 Å². The maximum Gasteiger partial charge on any atom is 0.337 e. The van der Waals surface area contributed by atoms with Gasteiger partial charge in [-0.2, -0.15) is 0 Å². The molecule has 2 atom stereocenters. The molecule has 5 nitrogen and oxygen atoms in total. The minimum atomic E-state index is -0.951. The van der Waals surface area contributed by atoms with Gasteiger partial charge in [0.25, 0.3) is 0 Å². The first-order chi connectivity index (χ1) is 14.4. The van der Waals surface area contributed by atoms with Crippen molar-refractivity contribution in [2.45, 2.75) is 38.6 Å². The highest BCUT2D eigenvalue weighted by atomic mass is 35.5. The van der Waals surface area contributed by atoms with E-state index in [-0.39, 0.29) is 17.5 Å². The molecule has 2 unspecified atom stereocenters. The number of carbonyl (C=O) groups is 1. The number of hydrogen-bond donors (Lipinski definition) is 2. The molecule has 0 radical (unpaired) electrons. The van der Waals surface area contributed by atoms with Crippen LogP contribution in [0.3, 0.4) is 0 Å². The Balaban J connectivity index is 1.76. The Hall–Kier alpha value is -2.63. The summed E-state index contributed by atoms with van der Waals surface area (Å²) >= 11 is 6.56. The summed E-state index contributed by atoms with van der Waals surface area (Å²) in [6, 6.07) is 13.1. The molecule has 2 aromatic carbocycles. The van der Waals surface area contributed by atoms with Gasteiger partial charge in [0.1, 0.15) is 5.15 Å². The van der Waals surface area contributed by atoms with E-state index in [4.69, 9.17) is 21.3 Å². The molecule has 1 fully saturated rings. The number of anilines is 1. The number of nitrogens with zero attached hydrogens (tertiary/aromatic N) is 1. The molecule has 6 heteroatoms. The highest BCUT2D eigenvalue weighted by Gasteiger charge is 2.22. The lowest BCUT2D eigenvalue weighted by Gasteiger charge is -2.24. The van der Waals surface area contributed by atoms with Crippen LogP contribution in [0.5, 0.6) is 0 Å². The van der Waals surface area contributed by atoms with Crippen LogP contribution in [0.2, 0.25) is 5.15 Å². The highest BCUT2D eigenvalue weighted by molar-refractivity contribution is 6.30. The average Bonchev–Trinajstić information content (AvgIpc) is 2.73. The van der Waals surface area contributed by atoms with Crippen LogP contribution in [0.25, 0.3) is 10.9 Å². The summed E-state index contributed by atoms with van der Waals surface area (Å²) in [6.45, 7) is 5.52. The Morgan fingerprint density at radius 3 is 2.83 bits per heavy atom. The molecule has 0 aliphatic carbocycles. The van der Waals surface area contributed by atoms with Gasteiger partial charge in [-0.05, 0) is 67.6 Å². The molecular formula is C24H25ClN2O3. The van der Waals surface area contributed by atoms with Crippen LogP contribution in [-0.4, -0.2) is 29.3 Å². The average molecular weight is 425 g/mol. The molecule has 2 heterocycles. The van der Waals surface area contributed by atoms with Gasteiger partial charge in [-0.3, -0.25) is 0 Å². The predicted octanol–water partition coefficient (Wildman–Crippen LogP) is 5.96. The van der Waals surface area contributed by atoms with Crippen molar-refractivity contribution in [2.24, 2.45) is 0 Å². The summed E-state index contributed by atoms with van der Waals surface area (Å²) in [7, 11) is 0. The third kappa shape index (κ3) is 4.13. The maximum absolute atomic E-state index is 11.6. The van der Waals surface area contributed by atoms with E-state index in [0.717, 1.165) is 47.0 Å². The zero-order chi connectivity index (χ0) is 21.3. The van der Waals surface area contributed by atoms with Gasteiger partial charge in [0.05, 0.1) is 17.7 Å². The Morgan fingerprint density at radius 1 is 1.30 bits per heavy atom. The van der Waals surface area contributed by atoms with Crippen molar-refractivity contribution >= 4 is 34.2 Å². The van der Waals surface area contributed by atoms with E-state index in [1.165, 1.54) is 0 Å². The van der Waals surface area contributed by atoms with E-state index in [1.54, 1.807) is 18.2 Å². The van der Waals surface area contributed by atoms with Crippen molar-refractivity contribution in [1.29, 1.82) is 0 Å². The topological polar surface area (TPSA) is 71.5 Å². The van der Waals surface area contributed by atoms with Gasteiger partial charge in [0.2, 0.25) is 0 Å². The van der Waals surface area contributed by atoms with E-state index in [9.17, 15) is 9.90 Å². The number of para-hydroxylation sites is 1. The van der Waals surface area contributed by atoms with Gasteiger partial charge >= 0.3 is 5.97 Å². The van der Waals surface area contributed by atoms with Gasteiger partial charge in [-0.1, -0.05) is 29.8 Å². The number of carboxylic acids is 1. The number of halogens is 1. The van der Waals surface area contributed by atoms with Crippen molar-refractivity contribution in [3.63, 3.8) is 0 Å². The Morgan fingerprint density at radius 2 is 2.10 bits per heavy atom. The third-order valence-corrected chi connectivity index (χ3v) is 5.99. The monoisotopic (exact) mass is 424 g/mol. The van der Waals surface area contributed by atoms with Gasteiger partial charge in [-0.25, -0.2) is 9.78 Å². The number of ether oxygens (including phenoxy) is 1. The lowest BCUT2D eigenvalue weighted by atomic mass is 9.91. The number of nitrogens with one attached hydrogen (secondary N) is 1. The fraction of sp³-hybridized carbons (Fsp3) is 0.333. The molecule has 1 aliphatic rings. The number of aromatic carboxylic acids is 1. The number of aromatic nitrogens is 1. The zero-order valence-electron chi connectivity index (χ0n) is 17.1. The minimum absolute atomic E-state index is 0.119. The van der Waals surface area contributed by atoms with Crippen molar-refractivity contribution in [3.8, 4) is 0 Å². The molecule has 2 N–H and O–H groups in total. The van der Waals surface area contributed by atoms with E-state index in [0.29, 0.717) is 17.4 Å². The Kier molecular flexibility index (Phi) is 5.93. The standard InChI is InChI=1S/C24H25ClN2O3/c1-14-10-18(15(2)26-21-8-4-3-7-17(21)24(28)29)20-12-19(16-6-5-9-30-13-16)23(25)27-22(20)11-14/h3-4,7-8,10-12,15-16,26H,5-6,9,13H2,1-2H3,(H,28,29). The second-order valence-corrected chi connectivity index (χ2v) is 8.28. The molecular weight excluding hydrogens is 400 g/mol. The molecule has 156 valence electrons. The van der Waals surface area contributed by atoms with Crippen LogP contribution in [-0.2, 0) is 4.74 Å². The molecule has 1 aliphatic heterocycles. The molecule has 3 aromatic rings. The van der Waals surface area contributed by atoms with Crippen LogP contribution >= 0.6 is 11.6 Å². The van der Waals surface area contributed by atoms with Crippen molar-refractivity contribution in [3.05, 3.63) is 69.9 Å². The van der Waals surface area contributed by atoms with E-state index >= 15 is 0 Å². The summed E-state index contributed by atoms with van der Waals surface area (Å²) in [6.07, 6.45) is 2.05. The van der Waals surface area contributed by atoms with Crippen molar-refractivity contribution in [1.82, 2.24) is 4.98 Å². The quantitative estimate of drug-likeness (QED) is 0.494. The Labute approximate surface area is 181 Å². The molecule has 0 saturated carbocycles. The summed E-state index contributed by atoms with van der Waals surface area (Å²) in [5.74, 6) is -0.708. The zero-order valence-corrected chi connectivity index (χ0v) is 17.9. The summed E-state index contributed by atoms with van der Waals surface area (Å²) < 4.78 is 5.66. The first-order valence-corrected chi connectivity index (χ1v) is 10.6. The molecule has 0 spiro atoms. The van der Waals surface area contributed by atoms with Crippen LogP contribution < -0.4 is 5.32 Å². The maximum atomic E-state index is 11.6. The molecule has 30 heavy (non-hydrogen) atoms. The van der Waals surface area contributed by atoms with E-state index < -0.39 is 5.97 Å². The van der Waals surface area contributed by atoms with E-state index in [1.807, 2.05) is 26.0 Å². The number of pyridine rings is 1. The van der Waals surface area contributed by atoms with Crippen molar-refractivity contribution < 1.29 is 14.6 Å². The van der Waals surface area contributed by atoms with Crippen LogP contribution in [0.1, 0.15) is 58.8 Å². The highest BCUT2D eigenvalue weighted by Crippen LogP contribution is 2.35. The van der Waals surface area contributed by atoms with Crippen molar-refractivity contribution in [2.75, 3.05) is 18.5 Å². The molecule has 4 rings (SSSR count). The first-order valence-electron chi connectivity index (χ1n) is 10.2. The lowest BCUT2D eigenvalue weighted by molar-refractivity contribution is 0.0698. The van der Waals surface area contributed by atoms with Crippen LogP contribution in [0, 0.1) is 6.92 Å². The largest absolute Gasteiger partial charge is 0.478 e. The molecule has 0 bridgehead atoms. The number of rotatable bonds is 5. The molecule has 1 saturated heterocycles. The van der Waals surface area contributed by atoms with Gasteiger partial charge in [-0.15, -0.1) is 0 Å². The lowest BCUT2D eigenvalue weighted by Crippen LogP contribution is -2.16. The third-order valence-electron chi connectivity index (χ3n) is 5.69. The minimum Gasteiger partial charge on any atom is -0.478 e. The summed E-state index contributed by atoms with van der Waals surface area (Å²) in [5, 5.41) is 14.4.